The Labute approximate surface area is 83.9 Å². The molecule has 1 aromatic rings. The smallest absolute Gasteiger partial charge is 0.321 e. The third-order valence-corrected chi connectivity index (χ3v) is 3.69. The van der Waals surface area contributed by atoms with Crippen LogP contribution < -0.4 is 5.30 Å². The molecule has 0 saturated heterocycles. The first-order valence-electron chi connectivity index (χ1n) is 4.53. The topological polar surface area (TPSA) is 57.5 Å². The molecule has 4 heteroatoms. The molecular formula is C10H15O3P. The van der Waals surface area contributed by atoms with Gasteiger partial charge < -0.3 is 9.79 Å². The largest absolute Gasteiger partial charge is 0.356 e. The fourth-order valence-electron chi connectivity index (χ4n) is 1.71. The van der Waals surface area contributed by atoms with Crippen molar-refractivity contribution in [2.24, 2.45) is 0 Å². The van der Waals surface area contributed by atoms with E-state index in [1.54, 1.807) is 19.9 Å². The van der Waals surface area contributed by atoms with Crippen LogP contribution in [-0.2, 0) is 11.0 Å². The SMILES string of the molecule is CCc1ccc(C)c(P(=O)(O)O)c1C. The number of hydrogen-bond acceptors (Lipinski definition) is 1. The van der Waals surface area contributed by atoms with E-state index in [1.807, 2.05) is 13.0 Å². The summed E-state index contributed by atoms with van der Waals surface area (Å²) in [5, 5.41) is 0.192. The van der Waals surface area contributed by atoms with Gasteiger partial charge in [0, 0.05) is 0 Å². The van der Waals surface area contributed by atoms with E-state index in [2.05, 4.69) is 0 Å². The minimum atomic E-state index is -4.13. The first kappa shape index (κ1) is 11.4. The fraction of sp³-hybridized carbons (Fsp3) is 0.400. The predicted molar refractivity (Wildman–Crippen MR) is 57.0 cm³/mol. The number of hydrogen-bond donors (Lipinski definition) is 2. The van der Waals surface area contributed by atoms with Crippen LogP contribution in [0.1, 0.15) is 23.6 Å². The molecule has 2 N–H and O–H groups in total. The standard InChI is InChI=1S/C10H15O3P/c1-4-9-6-5-7(2)10(8(9)3)14(11,12)13/h5-6H,4H2,1-3H3,(H2,11,12,13). The molecule has 0 heterocycles. The minimum Gasteiger partial charge on any atom is -0.321 e. The van der Waals surface area contributed by atoms with Crippen molar-refractivity contribution in [3.8, 4) is 0 Å². The van der Waals surface area contributed by atoms with Crippen LogP contribution in [-0.4, -0.2) is 9.79 Å². The van der Waals surface area contributed by atoms with E-state index in [1.165, 1.54) is 0 Å². The summed E-state index contributed by atoms with van der Waals surface area (Å²) < 4.78 is 11.2. The van der Waals surface area contributed by atoms with Crippen LogP contribution in [0.4, 0.5) is 0 Å². The van der Waals surface area contributed by atoms with Crippen LogP contribution in [0.3, 0.4) is 0 Å². The lowest BCUT2D eigenvalue weighted by atomic mass is 10.0. The Morgan fingerprint density at radius 3 is 2.29 bits per heavy atom. The van der Waals surface area contributed by atoms with Gasteiger partial charge in [-0.1, -0.05) is 19.1 Å². The number of rotatable bonds is 2. The Morgan fingerprint density at radius 1 is 1.29 bits per heavy atom. The van der Waals surface area contributed by atoms with Gasteiger partial charge in [0.15, 0.2) is 0 Å². The van der Waals surface area contributed by atoms with Gasteiger partial charge in [0.05, 0.1) is 5.30 Å². The van der Waals surface area contributed by atoms with Gasteiger partial charge in [-0.2, -0.15) is 0 Å². The fourth-order valence-corrected chi connectivity index (χ4v) is 2.82. The molecule has 0 aliphatic rings. The van der Waals surface area contributed by atoms with Crippen molar-refractivity contribution in [1.82, 2.24) is 0 Å². The Kier molecular flexibility index (Phi) is 3.15. The lowest BCUT2D eigenvalue weighted by molar-refractivity contribution is 0.387. The zero-order valence-electron chi connectivity index (χ0n) is 8.61. The highest BCUT2D eigenvalue weighted by molar-refractivity contribution is 7.60. The first-order chi connectivity index (χ1) is 6.38. The Bertz CT molecular complexity index is 393. The lowest BCUT2D eigenvalue weighted by Gasteiger charge is -2.14. The number of benzene rings is 1. The highest BCUT2D eigenvalue weighted by Gasteiger charge is 2.23. The van der Waals surface area contributed by atoms with Crippen LogP contribution in [0, 0.1) is 13.8 Å². The molecule has 0 aliphatic heterocycles. The molecule has 0 fully saturated rings. The van der Waals surface area contributed by atoms with Crippen LogP contribution in [0.2, 0.25) is 0 Å². The van der Waals surface area contributed by atoms with Crippen LogP contribution >= 0.6 is 7.60 Å². The molecule has 0 unspecified atom stereocenters. The quantitative estimate of drug-likeness (QED) is 0.736. The second-order valence-electron chi connectivity index (χ2n) is 3.41. The molecule has 3 nitrogen and oxygen atoms in total. The van der Waals surface area contributed by atoms with Crippen molar-refractivity contribution in [2.45, 2.75) is 27.2 Å². The highest BCUT2D eigenvalue weighted by atomic mass is 31.2. The van der Waals surface area contributed by atoms with E-state index in [0.29, 0.717) is 5.56 Å². The van der Waals surface area contributed by atoms with Crippen LogP contribution in [0.5, 0.6) is 0 Å². The van der Waals surface area contributed by atoms with Gasteiger partial charge in [-0.3, -0.25) is 4.57 Å². The van der Waals surface area contributed by atoms with E-state index in [-0.39, 0.29) is 5.30 Å². The molecule has 1 rings (SSSR count). The maximum absolute atomic E-state index is 11.2. The summed E-state index contributed by atoms with van der Waals surface area (Å²) in [6, 6.07) is 3.68. The van der Waals surface area contributed by atoms with Gasteiger partial charge in [-0.25, -0.2) is 0 Å². The zero-order chi connectivity index (χ0) is 10.9. The molecule has 0 aliphatic carbocycles. The monoisotopic (exact) mass is 214 g/mol. The van der Waals surface area contributed by atoms with E-state index in [9.17, 15) is 14.4 Å². The van der Waals surface area contributed by atoms with Gasteiger partial charge in [0.25, 0.3) is 0 Å². The average molecular weight is 214 g/mol. The van der Waals surface area contributed by atoms with E-state index < -0.39 is 7.60 Å². The summed E-state index contributed by atoms with van der Waals surface area (Å²) in [6.45, 7) is 5.46. The first-order valence-corrected chi connectivity index (χ1v) is 6.14. The second-order valence-corrected chi connectivity index (χ2v) is 4.95. The molecule has 0 aromatic heterocycles. The molecule has 0 atom stereocenters. The summed E-state index contributed by atoms with van der Waals surface area (Å²) in [6.07, 6.45) is 0.791. The molecular weight excluding hydrogens is 199 g/mol. The summed E-state index contributed by atoms with van der Waals surface area (Å²) in [5.41, 5.74) is 2.38. The molecule has 0 amide bonds. The molecule has 1 aromatic carbocycles. The molecule has 0 spiro atoms. The van der Waals surface area contributed by atoms with Gasteiger partial charge >= 0.3 is 7.60 Å². The molecule has 78 valence electrons. The average Bonchev–Trinajstić information content (AvgIpc) is 2.02. The van der Waals surface area contributed by atoms with Crippen molar-refractivity contribution in [3.05, 3.63) is 28.8 Å². The third kappa shape index (κ3) is 2.06. The van der Waals surface area contributed by atoms with Gasteiger partial charge in [-0.15, -0.1) is 0 Å². The van der Waals surface area contributed by atoms with E-state index >= 15 is 0 Å². The predicted octanol–water partition coefficient (Wildman–Crippen LogP) is 1.67. The van der Waals surface area contributed by atoms with E-state index in [0.717, 1.165) is 17.5 Å². The maximum atomic E-state index is 11.2. The summed E-state index contributed by atoms with van der Waals surface area (Å²) >= 11 is 0. The van der Waals surface area contributed by atoms with Crippen molar-refractivity contribution < 1.29 is 14.4 Å². The maximum Gasteiger partial charge on any atom is 0.356 e. The minimum absolute atomic E-state index is 0.192. The van der Waals surface area contributed by atoms with Crippen molar-refractivity contribution in [3.63, 3.8) is 0 Å². The summed E-state index contributed by atoms with van der Waals surface area (Å²) in [7, 11) is -4.13. The highest BCUT2D eigenvalue weighted by Crippen LogP contribution is 2.36. The summed E-state index contributed by atoms with van der Waals surface area (Å²) in [5.74, 6) is 0. The van der Waals surface area contributed by atoms with Crippen LogP contribution in [0.25, 0.3) is 0 Å². The summed E-state index contributed by atoms with van der Waals surface area (Å²) in [4.78, 5) is 18.4. The molecule has 0 radical (unpaired) electrons. The van der Waals surface area contributed by atoms with Crippen molar-refractivity contribution in [1.29, 1.82) is 0 Å². The molecule has 0 bridgehead atoms. The third-order valence-electron chi connectivity index (χ3n) is 2.42. The lowest BCUT2D eigenvalue weighted by Crippen LogP contribution is -2.14. The molecule has 14 heavy (non-hydrogen) atoms. The van der Waals surface area contributed by atoms with Gasteiger partial charge in [0.1, 0.15) is 0 Å². The van der Waals surface area contributed by atoms with E-state index in [4.69, 9.17) is 0 Å². The Morgan fingerprint density at radius 2 is 1.86 bits per heavy atom. The Hall–Kier alpha value is -0.630. The van der Waals surface area contributed by atoms with Gasteiger partial charge in [-0.05, 0) is 37.0 Å². The molecule has 0 saturated carbocycles. The van der Waals surface area contributed by atoms with Crippen molar-refractivity contribution in [2.75, 3.05) is 0 Å². The number of aryl methyl sites for hydroxylation is 2. The normalized spacial score (nSPS) is 11.8. The van der Waals surface area contributed by atoms with Crippen molar-refractivity contribution >= 4 is 12.9 Å². The zero-order valence-corrected chi connectivity index (χ0v) is 9.51. The van der Waals surface area contributed by atoms with Gasteiger partial charge in [0.2, 0.25) is 0 Å². The van der Waals surface area contributed by atoms with Crippen LogP contribution in [0.15, 0.2) is 12.1 Å². The Balaban J connectivity index is 3.49. The second kappa shape index (κ2) is 3.85.